The van der Waals surface area contributed by atoms with Gasteiger partial charge in [0.05, 0.1) is 18.2 Å². The lowest BCUT2D eigenvalue weighted by Gasteiger charge is -2.29. The van der Waals surface area contributed by atoms with E-state index in [1.54, 1.807) is 26.0 Å². The second-order valence-corrected chi connectivity index (χ2v) is 5.94. The molecule has 4 unspecified atom stereocenters. The smallest absolute Gasteiger partial charge is 0.251 e. The van der Waals surface area contributed by atoms with Crippen LogP contribution in [0.25, 0.3) is 0 Å². The lowest BCUT2D eigenvalue weighted by atomic mass is 9.91. The molecule has 0 rings (SSSR count). The zero-order chi connectivity index (χ0) is 18.0. The van der Waals surface area contributed by atoms with Gasteiger partial charge in [-0.2, -0.15) is 0 Å². The SMILES string of the molecule is CCC(CC(=O)C(C)NC)C(O)CN(CC)NC(=O)C(C)NC. The number of aliphatic hydroxyl groups excluding tert-OH is 1. The van der Waals surface area contributed by atoms with E-state index in [1.807, 2.05) is 20.8 Å². The predicted octanol–water partition coefficient (Wildman–Crippen LogP) is -0.0984. The molecule has 0 saturated heterocycles. The molecule has 4 atom stereocenters. The van der Waals surface area contributed by atoms with Gasteiger partial charge in [0.15, 0.2) is 0 Å². The Balaban J connectivity index is 4.61. The third-order valence-electron chi connectivity index (χ3n) is 4.33. The topological polar surface area (TPSA) is 93.7 Å². The highest BCUT2D eigenvalue weighted by Crippen LogP contribution is 2.16. The Bertz CT molecular complexity index is 365. The van der Waals surface area contributed by atoms with E-state index in [9.17, 15) is 14.7 Å². The van der Waals surface area contributed by atoms with Crippen LogP contribution in [0.15, 0.2) is 0 Å². The fourth-order valence-corrected chi connectivity index (χ4v) is 2.16. The summed E-state index contributed by atoms with van der Waals surface area (Å²) in [4.78, 5) is 24.0. The van der Waals surface area contributed by atoms with E-state index in [4.69, 9.17) is 0 Å². The molecule has 0 aromatic rings. The summed E-state index contributed by atoms with van der Waals surface area (Å²) < 4.78 is 0. The van der Waals surface area contributed by atoms with E-state index in [-0.39, 0.29) is 29.7 Å². The molecule has 0 aromatic carbocycles. The Morgan fingerprint density at radius 3 is 2.09 bits per heavy atom. The van der Waals surface area contributed by atoms with Crippen molar-refractivity contribution >= 4 is 11.7 Å². The summed E-state index contributed by atoms with van der Waals surface area (Å²) in [6.45, 7) is 8.34. The summed E-state index contributed by atoms with van der Waals surface area (Å²) >= 11 is 0. The van der Waals surface area contributed by atoms with Crippen LogP contribution in [0.5, 0.6) is 0 Å². The van der Waals surface area contributed by atoms with Crippen LogP contribution in [0.3, 0.4) is 0 Å². The molecule has 0 fully saturated rings. The molecule has 1 amide bonds. The van der Waals surface area contributed by atoms with Gasteiger partial charge in [-0.05, 0) is 33.9 Å². The Morgan fingerprint density at radius 2 is 1.65 bits per heavy atom. The number of rotatable bonds is 12. The highest BCUT2D eigenvalue weighted by molar-refractivity contribution is 5.83. The highest BCUT2D eigenvalue weighted by atomic mass is 16.3. The number of carbonyl (C=O) groups is 2. The lowest BCUT2D eigenvalue weighted by molar-refractivity contribution is -0.129. The molecule has 23 heavy (non-hydrogen) atoms. The van der Waals surface area contributed by atoms with Gasteiger partial charge in [-0.15, -0.1) is 0 Å². The van der Waals surface area contributed by atoms with Crippen molar-refractivity contribution in [1.82, 2.24) is 21.1 Å². The average Bonchev–Trinajstić information content (AvgIpc) is 2.56. The molecule has 0 aromatic heterocycles. The molecule has 0 aliphatic rings. The minimum atomic E-state index is -0.668. The Morgan fingerprint density at radius 1 is 1.09 bits per heavy atom. The van der Waals surface area contributed by atoms with Crippen molar-refractivity contribution in [3.63, 3.8) is 0 Å². The molecule has 0 saturated carbocycles. The second-order valence-electron chi connectivity index (χ2n) is 5.94. The Labute approximate surface area is 140 Å². The molecule has 0 heterocycles. The third-order valence-corrected chi connectivity index (χ3v) is 4.33. The molecule has 7 nitrogen and oxygen atoms in total. The van der Waals surface area contributed by atoms with Crippen LogP contribution in [-0.4, -0.2) is 67.2 Å². The van der Waals surface area contributed by atoms with Crippen molar-refractivity contribution in [3.05, 3.63) is 0 Å². The largest absolute Gasteiger partial charge is 0.391 e. The maximum atomic E-state index is 12.0. The van der Waals surface area contributed by atoms with Crippen molar-refractivity contribution in [3.8, 4) is 0 Å². The fourth-order valence-electron chi connectivity index (χ4n) is 2.16. The highest BCUT2D eigenvalue weighted by Gasteiger charge is 2.25. The van der Waals surface area contributed by atoms with Gasteiger partial charge < -0.3 is 15.7 Å². The minimum Gasteiger partial charge on any atom is -0.391 e. The monoisotopic (exact) mass is 330 g/mol. The van der Waals surface area contributed by atoms with Crippen LogP contribution in [0.1, 0.15) is 40.5 Å². The van der Waals surface area contributed by atoms with E-state index in [0.717, 1.165) is 0 Å². The number of hydrogen-bond donors (Lipinski definition) is 4. The Kier molecular flexibility index (Phi) is 11.0. The molecule has 0 bridgehead atoms. The summed E-state index contributed by atoms with van der Waals surface area (Å²) in [7, 11) is 3.47. The van der Waals surface area contributed by atoms with Crippen LogP contribution in [0.4, 0.5) is 0 Å². The second kappa shape index (κ2) is 11.5. The predicted molar refractivity (Wildman–Crippen MR) is 91.8 cm³/mol. The van der Waals surface area contributed by atoms with Crippen molar-refractivity contribution in [2.45, 2.75) is 58.7 Å². The van der Waals surface area contributed by atoms with E-state index in [1.165, 1.54) is 0 Å². The van der Waals surface area contributed by atoms with Gasteiger partial charge in [0.2, 0.25) is 0 Å². The number of likely N-dealkylation sites (N-methyl/N-ethyl adjacent to an activating group) is 3. The zero-order valence-corrected chi connectivity index (χ0v) is 15.3. The van der Waals surface area contributed by atoms with E-state index < -0.39 is 6.10 Å². The Hall–Kier alpha value is -1.02. The number of nitrogens with one attached hydrogen (secondary N) is 3. The maximum Gasteiger partial charge on any atom is 0.251 e. The number of amides is 1. The lowest BCUT2D eigenvalue weighted by Crippen LogP contribution is -2.52. The maximum absolute atomic E-state index is 12.0. The summed E-state index contributed by atoms with van der Waals surface area (Å²) in [6.07, 6.45) is 0.373. The van der Waals surface area contributed by atoms with Gasteiger partial charge in [0.1, 0.15) is 5.78 Å². The molecular weight excluding hydrogens is 296 g/mol. The van der Waals surface area contributed by atoms with Gasteiger partial charge in [-0.1, -0.05) is 20.3 Å². The van der Waals surface area contributed by atoms with Gasteiger partial charge in [0, 0.05) is 19.5 Å². The van der Waals surface area contributed by atoms with Crippen molar-refractivity contribution in [1.29, 1.82) is 0 Å². The molecular formula is C16H34N4O3. The molecule has 0 spiro atoms. The quantitative estimate of drug-likeness (QED) is 0.374. The number of hydrogen-bond acceptors (Lipinski definition) is 6. The van der Waals surface area contributed by atoms with Gasteiger partial charge >= 0.3 is 0 Å². The molecule has 4 N–H and O–H groups in total. The van der Waals surface area contributed by atoms with E-state index in [2.05, 4.69) is 16.1 Å². The van der Waals surface area contributed by atoms with Crippen LogP contribution in [0.2, 0.25) is 0 Å². The van der Waals surface area contributed by atoms with Gasteiger partial charge in [-0.25, -0.2) is 5.01 Å². The number of ketones is 1. The first-order valence-electron chi connectivity index (χ1n) is 8.41. The van der Waals surface area contributed by atoms with Crippen LogP contribution in [-0.2, 0) is 9.59 Å². The van der Waals surface area contributed by atoms with Gasteiger partial charge in [0.25, 0.3) is 5.91 Å². The van der Waals surface area contributed by atoms with Crippen molar-refractivity contribution < 1.29 is 14.7 Å². The molecule has 0 aliphatic heterocycles. The molecule has 0 aliphatic carbocycles. The normalized spacial score (nSPS) is 16.7. The van der Waals surface area contributed by atoms with Crippen LogP contribution >= 0.6 is 0 Å². The average molecular weight is 330 g/mol. The number of Topliss-reactive ketones (excluding diaryl/α,β-unsaturated/α-hetero) is 1. The third kappa shape index (κ3) is 7.87. The van der Waals surface area contributed by atoms with Crippen molar-refractivity contribution in [2.75, 3.05) is 27.2 Å². The molecule has 7 heteroatoms. The molecule has 0 radical (unpaired) electrons. The fraction of sp³-hybridized carbons (Fsp3) is 0.875. The molecule has 136 valence electrons. The first-order valence-corrected chi connectivity index (χ1v) is 8.41. The number of nitrogens with zero attached hydrogens (tertiary/aromatic N) is 1. The summed E-state index contributed by atoms with van der Waals surface area (Å²) in [5, 5.41) is 17.9. The standard InChI is InChI=1S/C16H34N4O3/c1-7-13(9-14(21)11(3)17-5)15(22)10-20(8-2)19-16(23)12(4)18-6/h11-13,15,17-18,22H,7-10H2,1-6H3,(H,19,23). The van der Waals surface area contributed by atoms with E-state index in [0.29, 0.717) is 25.9 Å². The zero-order valence-electron chi connectivity index (χ0n) is 15.3. The summed E-state index contributed by atoms with van der Waals surface area (Å²) in [5.41, 5.74) is 2.79. The van der Waals surface area contributed by atoms with Gasteiger partial charge in [-0.3, -0.25) is 15.0 Å². The number of aliphatic hydroxyl groups is 1. The van der Waals surface area contributed by atoms with Crippen LogP contribution < -0.4 is 16.1 Å². The van der Waals surface area contributed by atoms with Crippen LogP contribution in [0, 0.1) is 5.92 Å². The van der Waals surface area contributed by atoms with Crippen molar-refractivity contribution in [2.24, 2.45) is 5.92 Å². The summed E-state index contributed by atoms with van der Waals surface area (Å²) in [6, 6.07) is -0.518. The first-order chi connectivity index (χ1) is 10.8. The van der Waals surface area contributed by atoms with E-state index >= 15 is 0 Å². The number of hydrazine groups is 1. The number of carbonyl (C=O) groups excluding carboxylic acids is 2. The first kappa shape index (κ1) is 22.0. The minimum absolute atomic E-state index is 0.0919. The summed E-state index contributed by atoms with van der Waals surface area (Å²) in [5.74, 6) is -0.172.